The van der Waals surface area contributed by atoms with Crippen molar-refractivity contribution in [3.8, 4) is 0 Å². The minimum absolute atomic E-state index is 0.264. The molecule has 3 aromatic rings. The Morgan fingerprint density at radius 1 is 1.16 bits per heavy atom. The second-order valence-electron chi connectivity index (χ2n) is 9.99. The predicted molar refractivity (Wildman–Crippen MR) is 145 cm³/mol. The van der Waals surface area contributed by atoms with Crippen molar-refractivity contribution in [1.82, 2.24) is 25.0 Å². The molecule has 1 aliphatic heterocycles. The van der Waals surface area contributed by atoms with E-state index >= 15 is 0 Å². The van der Waals surface area contributed by atoms with Gasteiger partial charge in [0.15, 0.2) is 0 Å². The number of aryl methyl sites for hydroxylation is 4. The van der Waals surface area contributed by atoms with Crippen LogP contribution in [-0.2, 0) is 23.1 Å². The lowest BCUT2D eigenvalue weighted by molar-refractivity contribution is -0.156. The SMILES string of the molecule is CC[C@@H](NC(=O)N1C(=O)[C@H](Cc2cc(C)nc(N)c2)[C@H]1C(=O)N(C)c1ccnn1C)c1cc(C)ccc1C. The van der Waals surface area contributed by atoms with E-state index in [1.807, 2.05) is 52.0 Å². The number of aromatic nitrogens is 3. The van der Waals surface area contributed by atoms with E-state index in [-0.39, 0.29) is 18.4 Å². The third-order valence-electron chi connectivity index (χ3n) is 7.16. The molecule has 1 fully saturated rings. The lowest BCUT2D eigenvalue weighted by Gasteiger charge is -2.46. The standard InChI is InChI=1S/C28H35N7O3/c1-7-22(20-12-16(2)8-9-17(20)3)32-28(38)35-25(27(37)33(5)24-10-11-30-34(24)6)21(26(35)36)14-19-13-18(4)31-23(29)15-19/h8-13,15,21-22,25H,7,14H2,1-6H3,(H2,29,31)(H,32,38)/t21-,22-,25+/m1/s1. The van der Waals surface area contributed by atoms with Crippen LogP contribution < -0.4 is 16.0 Å². The van der Waals surface area contributed by atoms with Crippen LogP contribution in [0.2, 0.25) is 0 Å². The zero-order valence-electron chi connectivity index (χ0n) is 22.7. The third-order valence-corrected chi connectivity index (χ3v) is 7.16. The second kappa shape index (κ2) is 10.6. The van der Waals surface area contributed by atoms with Crippen LogP contribution in [0.25, 0.3) is 0 Å². The van der Waals surface area contributed by atoms with Gasteiger partial charge in [-0.05, 0) is 62.4 Å². The van der Waals surface area contributed by atoms with Crippen molar-refractivity contribution in [2.75, 3.05) is 17.7 Å². The zero-order valence-corrected chi connectivity index (χ0v) is 22.7. The summed E-state index contributed by atoms with van der Waals surface area (Å²) >= 11 is 0. The van der Waals surface area contributed by atoms with Crippen LogP contribution in [-0.4, -0.2) is 50.6 Å². The van der Waals surface area contributed by atoms with Gasteiger partial charge in [0.25, 0.3) is 5.91 Å². The first kappa shape index (κ1) is 26.8. The van der Waals surface area contributed by atoms with E-state index in [4.69, 9.17) is 5.73 Å². The van der Waals surface area contributed by atoms with Gasteiger partial charge in [0, 0.05) is 25.9 Å². The Hall–Kier alpha value is -4.21. The topological polar surface area (TPSA) is 126 Å². The quantitative estimate of drug-likeness (QED) is 0.464. The first-order valence-electron chi connectivity index (χ1n) is 12.7. The minimum Gasteiger partial charge on any atom is -0.384 e. The Labute approximate surface area is 222 Å². The van der Waals surface area contributed by atoms with Crippen molar-refractivity contribution in [3.05, 3.63) is 70.5 Å². The lowest BCUT2D eigenvalue weighted by Crippen LogP contribution is -2.70. The Kier molecular flexibility index (Phi) is 7.52. The number of urea groups is 1. The molecule has 0 spiro atoms. The Balaban J connectivity index is 1.63. The van der Waals surface area contributed by atoms with Crippen molar-refractivity contribution in [2.45, 2.75) is 52.6 Å². The number of carbonyl (C=O) groups is 3. The monoisotopic (exact) mass is 517 g/mol. The molecule has 0 saturated carbocycles. The molecule has 0 radical (unpaired) electrons. The minimum atomic E-state index is -0.979. The number of benzene rings is 1. The van der Waals surface area contributed by atoms with E-state index in [1.54, 1.807) is 37.1 Å². The van der Waals surface area contributed by atoms with Gasteiger partial charge in [-0.1, -0.05) is 30.7 Å². The number of hydrogen-bond donors (Lipinski definition) is 2. The van der Waals surface area contributed by atoms with E-state index < -0.39 is 23.9 Å². The van der Waals surface area contributed by atoms with Crippen LogP contribution in [0.5, 0.6) is 0 Å². The van der Waals surface area contributed by atoms with Gasteiger partial charge in [-0.25, -0.2) is 9.78 Å². The summed E-state index contributed by atoms with van der Waals surface area (Å²) in [6.45, 7) is 7.78. The van der Waals surface area contributed by atoms with Crippen LogP contribution >= 0.6 is 0 Å². The van der Waals surface area contributed by atoms with E-state index in [9.17, 15) is 14.4 Å². The average Bonchev–Trinajstić information content (AvgIpc) is 3.29. The molecule has 10 heteroatoms. The van der Waals surface area contributed by atoms with Gasteiger partial charge < -0.3 is 11.1 Å². The highest BCUT2D eigenvalue weighted by atomic mass is 16.2. The molecule has 0 bridgehead atoms. The molecule has 2 aromatic heterocycles. The molecule has 1 aromatic carbocycles. The Morgan fingerprint density at radius 2 is 1.89 bits per heavy atom. The molecule has 3 heterocycles. The molecule has 4 rings (SSSR count). The van der Waals surface area contributed by atoms with Crippen molar-refractivity contribution < 1.29 is 14.4 Å². The van der Waals surface area contributed by atoms with Crippen LogP contribution in [0.15, 0.2) is 42.6 Å². The highest BCUT2D eigenvalue weighted by Crippen LogP contribution is 2.34. The Morgan fingerprint density at radius 3 is 2.53 bits per heavy atom. The zero-order chi connectivity index (χ0) is 27.7. The van der Waals surface area contributed by atoms with Gasteiger partial charge in [0.1, 0.15) is 17.7 Å². The fourth-order valence-corrected chi connectivity index (χ4v) is 5.16. The van der Waals surface area contributed by atoms with Gasteiger partial charge in [-0.3, -0.25) is 24.1 Å². The van der Waals surface area contributed by atoms with Crippen LogP contribution in [0.1, 0.15) is 47.3 Å². The molecule has 200 valence electrons. The molecule has 1 saturated heterocycles. The second-order valence-corrected chi connectivity index (χ2v) is 9.99. The van der Waals surface area contributed by atoms with Crippen LogP contribution in [0, 0.1) is 26.7 Å². The number of hydrogen-bond acceptors (Lipinski definition) is 6. The number of nitrogen functional groups attached to an aromatic ring is 1. The van der Waals surface area contributed by atoms with Crippen molar-refractivity contribution in [2.24, 2.45) is 13.0 Å². The molecule has 0 unspecified atom stereocenters. The number of nitrogens with zero attached hydrogens (tertiary/aromatic N) is 5. The van der Waals surface area contributed by atoms with Gasteiger partial charge in [-0.2, -0.15) is 5.10 Å². The molecule has 3 N–H and O–H groups in total. The molecule has 0 aliphatic carbocycles. The molecule has 4 amide bonds. The molecule has 10 nitrogen and oxygen atoms in total. The number of rotatable bonds is 7. The number of imide groups is 1. The number of β-lactam (4-membered cyclic amide) rings is 1. The van der Waals surface area contributed by atoms with Gasteiger partial charge >= 0.3 is 6.03 Å². The van der Waals surface area contributed by atoms with E-state index in [1.165, 1.54) is 4.90 Å². The normalized spacial score (nSPS) is 17.6. The number of nitrogens with one attached hydrogen (secondary N) is 1. The number of amides is 4. The number of pyridine rings is 1. The molecule has 3 atom stereocenters. The number of carbonyl (C=O) groups excluding carboxylic acids is 3. The van der Waals surface area contributed by atoms with Crippen molar-refractivity contribution >= 4 is 29.5 Å². The van der Waals surface area contributed by atoms with Crippen LogP contribution in [0.3, 0.4) is 0 Å². The molecule has 1 aliphatic rings. The van der Waals surface area contributed by atoms with Gasteiger partial charge in [-0.15, -0.1) is 0 Å². The van der Waals surface area contributed by atoms with Gasteiger partial charge in [0.2, 0.25) is 5.91 Å². The Bertz CT molecular complexity index is 1360. The number of likely N-dealkylation sites (N-methyl/N-ethyl adjacent to an activating group) is 1. The summed E-state index contributed by atoms with van der Waals surface area (Å²) in [5.74, 6) is -0.587. The molecule has 38 heavy (non-hydrogen) atoms. The third kappa shape index (κ3) is 5.11. The van der Waals surface area contributed by atoms with E-state index in [0.29, 0.717) is 18.1 Å². The molecular formula is C28H35N7O3. The maximum absolute atomic E-state index is 13.8. The fourth-order valence-electron chi connectivity index (χ4n) is 5.16. The maximum atomic E-state index is 13.8. The van der Waals surface area contributed by atoms with Crippen molar-refractivity contribution in [1.29, 1.82) is 0 Å². The van der Waals surface area contributed by atoms with E-state index in [0.717, 1.165) is 32.8 Å². The average molecular weight is 518 g/mol. The molecular weight excluding hydrogens is 482 g/mol. The number of nitrogens with two attached hydrogens (primary N) is 1. The highest BCUT2D eigenvalue weighted by Gasteiger charge is 2.55. The summed E-state index contributed by atoms with van der Waals surface area (Å²) < 4.78 is 1.57. The summed E-state index contributed by atoms with van der Waals surface area (Å²) in [5, 5.41) is 7.14. The summed E-state index contributed by atoms with van der Waals surface area (Å²) in [4.78, 5) is 47.4. The smallest absolute Gasteiger partial charge is 0.325 e. The summed E-state index contributed by atoms with van der Waals surface area (Å²) in [5.41, 5.74) is 10.5. The van der Waals surface area contributed by atoms with Gasteiger partial charge in [0.05, 0.1) is 18.2 Å². The lowest BCUT2D eigenvalue weighted by atomic mass is 9.81. The summed E-state index contributed by atoms with van der Waals surface area (Å²) in [6, 6.07) is 9.46. The highest BCUT2D eigenvalue weighted by molar-refractivity contribution is 6.12. The predicted octanol–water partition coefficient (Wildman–Crippen LogP) is 3.22. The number of likely N-dealkylation sites (tertiary alicyclic amines) is 1. The first-order chi connectivity index (χ1) is 18.0. The summed E-state index contributed by atoms with van der Waals surface area (Å²) in [6.07, 6.45) is 2.48. The van der Waals surface area contributed by atoms with Crippen LogP contribution in [0.4, 0.5) is 16.4 Å². The largest absolute Gasteiger partial charge is 0.384 e. The maximum Gasteiger partial charge on any atom is 0.325 e. The first-order valence-corrected chi connectivity index (χ1v) is 12.7. The van der Waals surface area contributed by atoms with Crippen molar-refractivity contribution in [3.63, 3.8) is 0 Å². The summed E-state index contributed by atoms with van der Waals surface area (Å²) in [7, 11) is 3.35. The number of anilines is 2. The van der Waals surface area contributed by atoms with E-state index in [2.05, 4.69) is 15.4 Å². The fraction of sp³-hybridized carbons (Fsp3) is 0.393.